The second-order valence-corrected chi connectivity index (χ2v) is 6.06. The summed E-state index contributed by atoms with van der Waals surface area (Å²) in [4.78, 5) is 18.4. The lowest BCUT2D eigenvalue weighted by atomic mass is 10.2. The zero-order valence-electron chi connectivity index (χ0n) is 11.5. The van der Waals surface area contributed by atoms with Crippen LogP contribution in [0, 0.1) is 25.5 Å². The third kappa shape index (κ3) is 2.25. The van der Waals surface area contributed by atoms with Crippen LogP contribution < -0.4 is 5.56 Å². The summed E-state index contributed by atoms with van der Waals surface area (Å²) in [6.07, 6.45) is 1.38. The molecule has 0 N–H and O–H groups in total. The predicted octanol–water partition coefficient (Wildman–Crippen LogP) is 3.40. The van der Waals surface area contributed by atoms with E-state index in [9.17, 15) is 13.6 Å². The Labute approximate surface area is 123 Å². The Balaban J connectivity index is 2.13. The summed E-state index contributed by atoms with van der Waals surface area (Å²) in [7, 11) is 0. The van der Waals surface area contributed by atoms with Crippen molar-refractivity contribution in [2.75, 3.05) is 0 Å². The number of aromatic nitrogens is 2. The molecule has 1 aromatic carbocycles. The summed E-state index contributed by atoms with van der Waals surface area (Å²) >= 11 is 1.46. The van der Waals surface area contributed by atoms with E-state index < -0.39 is 11.6 Å². The van der Waals surface area contributed by atoms with E-state index in [1.807, 2.05) is 13.8 Å². The Morgan fingerprint density at radius 1 is 1.29 bits per heavy atom. The summed E-state index contributed by atoms with van der Waals surface area (Å²) < 4.78 is 28.2. The highest BCUT2D eigenvalue weighted by Crippen LogP contribution is 2.25. The van der Waals surface area contributed by atoms with Gasteiger partial charge in [-0.2, -0.15) is 0 Å². The van der Waals surface area contributed by atoms with Crippen molar-refractivity contribution in [2.45, 2.75) is 20.4 Å². The topological polar surface area (TPSA) is 34.9 Å². The minimum absolute atomic E-state index is 0.0420. The number of hydrogen-bond donors (Lipinski definition) is 0. The van der Waals surface area contributed by atoms with Crippen molar-refractivity contribution >= 4 is 21.6 Å². The molecule has 0 saturated heterocycles. The molecular weight excluding hydrogens is 294 g/mol. The van der Waals surface area contributed by atoms with Crippen LogP contribution in [0.25, 0.3) is 10.2 Å². The van der Waals surface area contributed by atoms with Crippen molar-refractivity contribution < 1.29 is 8.78 Å². The molecule has 0 bridgehead atoms. The molecule has 6 heteroatoms. The highest BCUT2D eigenvalue weighted by atomic mass is 32.1. The largest absolute Gasteiger partial charge is 0.294 e. The van der Waals surface area contributed by atoms with Gasteiger partial charge in [-0.05, 0) is 25.5 Å². The SMILES string of the molecule is Cc1sc2ncn(Cc3cccc(F)c3F)c(=O)c2c1C. The highest BCUT2D eigenvalue weighted by Gasteiger charge is 2.14. The quantitative estimate of drug-likeness (QED) is 0.727. The zero-order valence-corrected chi connectivity index (χ0v) is 12.3. The summed E-state index contributed by atoms with van der Waals surface area (Å²) in [5, 5.41) is 0.553. The molecule has 0 saturated carbocycles. The lowest BCUT2D eigenvalue weighted by molar-refractivity contribution is 0.494. The first kappa shape index (κ1) is 13.9. The van der Waals surface area contributed by atoms with E-state index in [2.05, 4.69) is 4.98 Å². The van der Waals surface area contributed by atoms with Gasteiger partial charge in [0.15, 0.2) is 11.6 Å². The fraction of sp³-hybridized carbons (Fsp3) is 0.200. The molecule has 3 rings (SSSR count). The second-order valence-electron chi connectivity index (χ2n) is 4.85. The van der Waals surface area contributed by atoms with Crippen LogP contribution in [-0.4, -0.2) is 9.55 Å². The number of rotatable bonds is 2. The van der Waals surface area contributed by atoms with E-state index in [0.717, 1.165) is 16.5 Å². The number of halogens is 2. The van der Waals surface area contributed by atoms with Crippen LogP contribution in [0.15, 0.2) is 29.3 Å². The van der Waals surface area contributed by atoms with E-state index in [-0.39, 0.29) is 17.7 Å². The van der Waals surface area contributed by atoms with E-state index >= 15 is 0 Å². The maximum absolute atomic E-state index is 13.7. The average molecular weight is 306 g/mol. The molecule has 0 atom stereocenters. The average Bonchev–Trinajstić information content (AvgIpc) is 2.74. The van der Waals surface area contributed by atoms with Gasteiger partial charge in [0, 0.05) is 10.4 Å². The van der Waals surface area contributed by atoms with Gasteiger partial charge in [-0.15, -0.1) is 11.3 Å². The normalized spacial score (nSPS) is 11.2. The minimum atomic E-state index is -0.928. The Morgan fingerprint density at radius 3 is 2.81 bits per heavy atom. The molecule has 0 aliphatic carbocycles. The van der Waals surface area contributed by atoms with Crippen LogP contribution in [0.1, 0.15) is 16.0 Å². The van der Waals surface area contributed by atoms with Gasteiger partial charge in [0.1, 0.15) is 4.83 Å². The van der Waals surface area contributed by atoms with E-state index in [1.165, 1.54) is 34.4 Å². The first-order chi connectivity index (χ1) is 9.99. The van der Waals surface area contributed by atoms with Crippen molar-refractivity contribution in [3.05, 3.63) is 62.5 Å². The molecule has 0 aliphatic heterocycles. The smallest absolute Gasteiger partial charge is 0.262 e. The van der Waals surface area contributed by atoms with Crippen molar-refractivity contribution in [1.29, 1.82) is 0 Å². The molecular formula is C15H12F2N2OS. The van der Waals surface area contributed by atoms with Gasteiger partial charge in [-0.3, -0.25) is 9.36 Å². The molecule has 0 unspecified atom stereocenters. The fourth-order valence-corrected chi connectivity index (χ4v) is 3.22. The Bertz CT molecular complexity index is 899. The lowest BCUT2D eigenvalue weighted by Gasteiger charge is -2.07. The molecule has 0 amide bonds. The first-order valence-electron chi connectivity index (χ1n) is 6.37. The van der Waals surface area contributed by atoms with Crippen LogP contribution in [0.2, 0.25) is 0 Å². The van der Waals surface area contributed by atoms with Gasteiger partial charge in [0.25, 0.3) is 5.56 Å². The number of aryl methyl sites for hydroxylation is 2. The van der Waals surface area contributed by atoms with Gasteiger partial charge >= 0.3 is 0 Å². The number of thiophene rings is 1. The Hall–Kier alpha value is -2.08. The maximum atomic E-state index is 13.7. The molecule has 3 nitrogen and oxygen atoms in total. The molecule has 2 aromatic heterocycles. The van der Waals surface area contributed by atoms with E-state index in [4.69, 9.17) is 0 Å². The maximum Gasteiger partial charge on any atom is 0.262 e. The lowest BCUT2D eigenvalue weighted by Crippen LogP contribution is -2.21. The monoisotopic (exact) mass is 306 g/mol. The van der Waals surface area contributed by atoms with Crippen molar-refractivity contribution in [3.8, 4) is 0 Å². The van der Waals surface area contributed by atoms with Crippen LogP contribution in [0.4, 0.5) is 8.78 Å². The highest BCUT2D eigenvalue weighted by molar-refractivity contribution is 7.18. The Morgan fingerprint density at radius 2 is 2.05 bits per heavy atom. The summed E-state index contributed by atoms with van der Waals surface area (Å²) in [6, 6.07) is 3.93. The van der Waals surface area contributed by atoms with Gasteiger partial charge in [0.05, 0.1) is 18.3 Å². The Kier molecular flexibility index (Phi) is 3.33. The minimum Gasteiger partial charge on any atom is -0.294 e. The van der Waals surface area contributed by atoms with Crippen LogP contribution >= 0.6 is 11.3 Å². The van der Waals surface area contributed by atoms with Crippen molar-refractivity contribution in [2.24, 2.45) is 0 Å². The van der Waals surface area contributed by atoms with Gasteiger partial charge in [-0.25, -0.2) is 13.8 Å². The molecule has 0 spiro atoms. The first-order valence-corrected chi connectivity index (χ1v) is 7.18. The molecule has 0 aliphatic rings. The number of benzene rings is 1. The predicted molar refractivity (Wildman–Crippen MR) is 78.8 cm³/mol. The van der Waals surface area contributed by atoms with Crippen LogP contribution in [-0.2, 0) is 6.54 Å². The molecule has 0 radical (unpaired) electrons. The number of nitrogens with zero attached hydrogens (tertiary/aromatic N) is 2. The van der Waals surface area contributed by atoms with Gasteiger partial charge < -0.3 is 0 Å². The molecule has 2 heterocycles. The van der Waals surface area contributed by atoms with Crippen LogP contribution in [0.3, 0.4) is 0 Å². The van der Waals surface area contributed by atoms with Crippen molar-refractivity contribution in [3.63, 3.8) is 0 Å². The van der Waals surface area contributed by atoms with Crippen molar-refractivity contribution in [1.82, 2.24) is 9.55 Å². The third-order valence-electron chi connectivity index (χ3n) is 3.53. The second kappa shape index (κ2) is 5.04. The van der Waals surface area contributed by atoms with E-state index in [0.29, 0.717) is 10.2 Å². The standard InChI is InChI=1S/C15H12F2N2OS/c1-8-9(2)21-14-12(8)15(20)19(7-18-14)6-10-4-3-5-11(16)13(10)17/h3-5,7H,6H2,1-2H3. The van der Waals surface area contributed by atoms with Gasteiger partial charge in [0.2, 0.25) is 0 Å². The third-order valence-corrected chi connectivity index (χ3v) is 4.64. The molecule has 0 fully saturated rings. The molecule has 21 heavy (non-hydrogen) atoms. The molecule has 108 valence electrons. The number of fused-ring (bicyclic) bond motifs is 1. The van der Waals surface area contributed by atoms with Gasteiger partial charge in [-0.1, -0.05) is 12.1 Å². The summed E-state index contributed by atoms with van der Waals surface area (Å²) in [6.45, 7) is 3.75. The zero-order chi connectivity index (χ0) is 15.1. The van der Waals surface area contributed by atoms with Crippen LogP contribution in [0.5, 0.6) is 0 Å². The summed E-state index contributed by atoms with van der Waals surface area (Å²) in [5.41, 5.74) is 0.787. The summed E-state index contributed by atoms with van der Waals surface area (Å²) in [5.74, 6) is -1.85. The molecule has 3 aromatic rings. The number of hydrogen-bond acceptors (Lipinski definition) is 3. The van der Waals surface area contributed by atoms with E-state index in [1.54, 1.807) is 0 Å². The fourth-order valence-electron chi connectivity index (χ4n) is 2.24.